The van der Waals surface area contributed by atoms with Gasteiger partial charge in [0.2, 0.25) is 5.16 Å². The molecule has 7 nitrogen and oxygen atoms in total. The Morgan fingerprint density at radius 2 is 1.96 bits per heavy atom. The minimum absolute atomic E-state index is 0.0579. The van der Waals surface area contributed by atoms with Crippen molar-refractivity contribution in [3.63, 3.8) is 0 Å². The lowest BCUT2D eigenvalue weighted by Gasteiger charge is -2.05. The Morgan fingerprint density at radius 3 is 2.61 bits per heavy atom. The number of hydrogen-bond acceptors (Lipinski definition) is 6. The van der Waals surface area contributed by atoms with Gasteiger partial charge in [-0.15, -0.1) is 5.10 Å². The fraction of sp³-hybridized carbons (Fsp3) is 0.0714. The highest BCUT2D eigenvalue weighted by molar-refractivity contribution is 7.99. The molecule has 0 aliphatic heterocycles. The van der Waals surface area contributed by atoms with Crippen LogP contribution < -0.4 is 0 Å². The van der Waals surface area contributed by atoms with Crippen molar-refractivity contribution in [3.8, 4) is 5.69 Å². The molecule has 23 heavy (non-hydrogen) atoms. The molecule has 0 atom stereocenters. The van der Waals surface area contributed by atoms with E-state index in [1.165, 1.54) is 23.9 Å². The Bertz CT molecular complexity index is 866. The number of hydrogen-bond donors (Lipinski definition) is 0. The molecule has 1 heterocycles. The Morgan fingerprint density at radius 1 is 1.22 bits per heavy atom. The summed E-state index contributed by atoms with van der Waals surface area (Å²) in [5, 5.41) is 23.2. The number of nitro benzene ring substituents is 1. The molecular formula is C14H10ClN5O2S. The number of rotatable bonds is 4. The molecule has 0 amide bonds. The number of benzene rings is 2. The molecule has 0 radical (unpaired) electrons. The molecule has 0 N–H and O–H groups in total. The molecule has 1 aromatic heterocycles. The van der Waals surface area contributed by atoms with Crippen LogP contribution in [0.2, 0.25) is 5.02 Å². The van der Waals surface area contributed by atoms with Crippen LogP contribution >= 0.6 is 23.4 Å². The van der Waals surface area contributed by atoms with Crippen molar-refractivity contribution < 1.29 is 4.92 Å². The van der Waals surface area contributed by atoms with E-state index in [1.54, 1.807) is 10.7 Å². The third-order valence-electron chi connectivity index (χ3n) is 3.05. The first-order chi connectivity index (χ1) is 11.0. The van der Waals surface area contributed by atoms with Gasteiger partial charge in [0, 0.05) is 17.0 Å². The molecule has 0 unspecified atom stereocenters. The first kappa shape index (κ1) is 15.4. The average Bonchev–Trinajstić information content (AvgIpc) is 2.98. The van der Waals surface area contributed by atoms with Gasteiger partial charge >= 0.3 is 0 Å². The van der Waals surface area contributed by atoms with E-state index in [0.717, 1.165) is 11.3 Å². The van der Waals surface area contributed by atoms with Crippen LogP contribution in [0.25, 0.3) is 5.69 Å². The van der Waals surface area contributed by atoms with Gasteiger partial charge in [-0.3, -0.25) is 10.1 Å². The highest BCUT2D eigenvalue weighted by Gasteiger charge is 2.15. The number of aromatic nitrogens is 4. The van der Waals surface area contributed by atoms with Gasteiger partial charge in [0.1, 0.15) is 0 Å². The second-order valence-electron chi connectivity index (χ2n) is 4.68. The zero-order valence-corrected chi connectivity index (χ0v) is 13.5. The molecule has 0 saturated carbocycles. The van der Waals surface area contributed by atoms with E-state index < -0.39 is 4.92 Å². The highest BCUT2D eigenvalue weighted by atomic mass is 35.5. The van der Waals surface area contributed by atoms with Gasteiger partial charge in [0.25, 0.3) is 5.69 Å². The molecule has 0 aliphatic rings. The van der Waals surface area contributed by atoms with Crippen molar-refractivity contribution in [3.05, 3.63) is 63.2 Å². The molecule has 3 rings (SSSR count). The molecular weight excluding hydrogens is 338 g/mol. The zero-order chi connectivity index (χ0) is 16.4. The zero-order valence-electron chi connectivity index (χ0n) is 11.9. The third-order valence-corrected chi connectivity index (χ3v) is 4.48. The van der Waals surface area contributed by atoms with Crippen LogP contribution in [0.15, 0.2) is 52.5 Å². The molecule has 116 valence electrons. The van der Waals surface area contributed by atoms with Crippen molar-refractivity contribution in [1.29, 1.82) is 0 Å². The molecule has 0 saturated heterocycles. The van der Waals surface area contributed by atoms with Crippen molar-refractivity contribution in [2.45, 2.75) is 17.0 Å². The molecule has 0 aliphatic carbocycles. The number of tetrazole rings is 1. The third kappa shape index (κ3) is 3.33. The molecule has 9 heteroatoms. The smallest absolute Gasteiger partial charge is 0.258 e. The fourth-order valence-corrected chi connectivity index (χ4v) is 2.96. The quantitative estimate of drug-likeness (QED) is 0.528. The lowest BCUT2D eigenvalue weighted by atomic mass is 10.2. The first-order valence-corrected chi connectivity index (χ1v) is 7.71. The van der Waals surface area contributed by atoms with Crippen LogP contribution in [0.4, 0.5) is 5.69 Å². The predicted molar refractivity (Wildman–Crippen MR) is 86.1 cm³/mol. The summed E-state index contributed by atoms with van der Waals surface area (Å²) < 4.78 is 1.59. The Balaban J connectivity index is 1.91. The normalized spacial score (nSPS) is 10.7. The topological polar surface area (TPSA) is 86.7 Å². The lowest BCUT2D eigenvalue weighted by molar-refractivity contribution is -0.384. The van der Waals surface area contributed by atoms with E-state index in [2.05, 4.69) is 15.5 Å². The van der Waals surface area contributed by atoms with Crippen molar-refractivity contribution in [2.24, 2.45) is 0 Å². The minimum atomic E-state index is -0.489. The first-order valence-electron chi connectivity index (χ1n) is 6.52. The Hall–Kier alpha value is -2.45. The summed E-state index contributed by atoms with van der Waals surface area (Å²) in [4.78, 5) is 10.9. The molecule has 0 bridgehead atoms. The van der Waals surface area contributed by atoms with Crippen molar-refractivity contribution in [1.82, 2.24) is 20.2 Å². The summed E-state index contributed by atoms with van der Waals surface area (Å²) in [7, 11) is 0. The van der Waals surface area contributed by atoms with Crippen LogP contribution in [0.3, 0.4) is 0 Å². The van der Waals surface area contributed by atoms with Gasteiger partial charge in [-0.05, 0) is 47.3 Å². The number of non-ortho nitro benzene ring substituents is 1. The fourth-order valence-electron chi connectivity index (χ4n) is 1.88. The van der Waals surface area contributed by atoms with Gasteiger partial charge in [-0.1, -0.05) is 29.3 Å². The summed E-state index contributed by atoms with van der Waals surface area (Å²) in [6, 6.07) is 12.0. The predicted octanol–water partition coefficient (Wildman–Crippen LogP) is 3.68. The summed E-state index contributed by atoms with van der Waals surface area (Å²) in [6.45, 7) is 2.00. The van der Waals surface area contributed by atoms with Gasteiger partial charge in [-0.2, -0.15) is 4.68 Å². The van der Waals surface area contributed by atoms with Crippen LogP contribution in [0.1, 0.15) is 5.56 Å². The standard InChI is InChI=1S/C14H10ClN5O2S/c1-9-2-4-10(5-3-9)19-14(16-17-18-19)23-13-7-6-11(20(21)22)8-12(13)15/h2-8H,1H3. The summed E-state index contributed by atoms with van der Waals surface area (Å²) in [5.74, 6) is 0. The molecule has 0 fully saturated rings. The largest absolute Gasteiger partial charge is 0.270 e. The van der Waals surface area contributed by atoms with Crippen LogP contribution in [0, 0.1) is 17.0 Å². The Kier molecular flexibility index (Phi) is 4.26. The number of nitrogens with zero attached hydrogens (tertiary/aromatic N) is 5. The van der Waals surface area contributed by atoms with Crippen molar-refractivity contribution in [2.75, 3.05) is 0 Å². The van der Waals surface area contributed by atoms with E-state index in [1.807, 2.05) is 31.2 Å². The maximum atomic E-state index is 10.8. The van der Waals surface area contributed by atoms with E-state index in [0.29, 0.717) is 10.1 Å². The Labute approximate surface area is 140 Å². The average molecular weight is 348 g/mol. The SMILES string of the molecule is Cc1ccc(-n2nnnc2Sc2ccc([N+](=O)[O-])cc2Cl)cc1. The maximum Gasteiger partial charge on any atom is 0.270 e. The maximum absolute atomic E-state index is 10.8. The van der Waals surface area contributed by atoms with E-state index in [9.17, 15) is 10.1 Å². The van der Waals surface area contributed by atoms with Crippen molar-refractivity contribution >= 4 is 29.1 Å². The lowest BCUT2D eigenvalue weighted by Crippen LogP contribution is -1.98. The van der Waals surface area contributed by atoms with E-state index in [4.69, 9.17) is 11.6 Å². The van der Waals surface area contributed by atoms with Gasteiger partial charge < -0.3 is 0 Å². The van der Waals surface area contributed by atoms with Crippen LogP contribution in [0.5, 0.6) is 0 Å². The second-order valence-corrected chi connectivity index (χ2v) is 6.10. The summed E-state index contributed by atoms with van der Waals surface area (Å²) in [5.41, 5.74) is 1.90. The van der Waals surface area contributed by atoms with Gasteiger partial charge in [-0.25, -0.2) is 0 Å². The molecule has 2 aromatic carbocycles. The van der Waals surface area contributed by atoms with Gasteiger partial charge in [0.15, 0.2) is 0 Å². The van der Waals surface area contributed by atoms with Crippen LogP contribution in [-0.2, 0) is 0 Å². The number of aryl methyl sites for hydroxylation is 1. The highest BCUT2D eigenvalue weighted by Crippen LogP contribution is 2.34. The van der Waals surface area contributed by atoms with Crippen LogP contribution in [-0.4, -0.2) is 25.1 Å². The van der Waals surface area contributed by atoms with Gasteiger partial charge in [0.05, 0.1) is 15.6 Å². The summed E-state index contributed by atoms with van der Waals surface area (Å²) >= 11 is 7.35. The molecule has 3 aromatic rings. The number of nitro groups is 1. The molecule has 0 spiro atoms. The second kappa shape index (κ2) is 6.35. The van der Waals surface area contributed by atoms with E-state index in [-0.39, 0.29) is 10.7 Å². The monoisotopic (exact) mass is 347 g/mol. The minimum Gasteiger partial charge on any atom is -0.258 e. The number of halogens is 1. The summed E-state index contributed by atoms with van der Waals surface area (Å²) in [6.07, 6.45) is 0. The van der Waals surface area contributed by atoms with E-state index >= 15 is 0 Å².